The predicted octanol–water partition coefficient (Wildman–Crippen LogP) is 2.24. The smallest absolute Gasteiger partial charge is 0.330 e. The van der Waals surface area contributed by atoms with E-state index >= 15 is 0 Å². The van der Waals surface area contributed by atoms with Gasteiger partial charge in [0, 0.05) is 12.5 Å². The number of rotatable bonds is 3. The van der Waals surface area contributed by atoms with Gasteiger partial charge in [0.2, 0.25) is 5.91 Å². The van der Waals surface area contributed by atoms with Crippen LogP contribution in [0.5, 0.6) is 0 Å². The summed E-state index contributed by atoms with van der Waals surface area (Å²) >= 11 is 0. The summed E-state index contributed by atoms with van der Waals surface area (Å²) in [5, 5.41) is 2.23. The van der Waals surface area contributed by atoms with Gasteiger partial charge in [-0.1, -0.05) is 19.1 Å². The Balaban J connectivity index is 2.96. The van der Waals surface area contributed by atoms with Gasteiger partial charge in [-0.2, -0.15) is 13.2 Å². The summed E-state index contributed by atoms with van der Waals surface area (Å²) in [6, 6.07) is 4.83. The minimum atomic E-state index is -4.49. The summed E-state index contributed by atoms with van der Waals surface area (Å²) in [7, 11) is 0. The SMILES string of the molecule is CC(CN)C(=O)Nc1ccccc1C(F)(F)F. The lowest BCUT2D eigenvalue weighted by Gasteiger charge is -2.15. The Morgan fingerprint density at radius 1 is 1.41 bits per heavy atom. The monoisotopic (exact) mass is 246 g/mol. The Hall–Kier alpha value is -1.56. The second kappa shape index (κ2) is 5.18. The summed E-state index contributed by atoms with van der Waals surface area (Å²) in [6.07, 6.45) is -4.49. The molecule has 94 valence electrons. The number of benzene rings is 1. The highest BCUT2D eigenvalue weighted by atomic mass is 19.4. The van der Waals surface area contributed by atoms with Gasteiger partial charge in [-0.05, 0) is 12.1 Å². The van der Waals surface area contributed by atoms with Crippen molar-refractivity contribution >= 4 is 11.6 Å². The average Bonchev–Trinajstić information content (AvgIpc) is 2.27. The fourth-order valence-corrected chi connectivity index (χ4v) is 1.20. The number of carbonyl (C=O) groups is 1. The number of nitrogens with one attached hydrogen (secondary N) is 1. The molecule has 1 atom stereocenters. The lowest BCUT2D eigenvalue weighted by molar-refractivity contribution is -0.137. The van der Waals surface area contributed by atoms with Crippen LogP contribution < -0.4 is 11.1 Å². The standard InChI is InChI=1S/C11H13F3N2O/c1-7(6-15)10(17)16-9-5-3-2-4-8(9)11(12,13)14/h2-5,7H,6,15H2,1H3,(H,16,17). The van der Waals surface area contributed by atoms with Crippen LogP contribution in [0.1, 0.15) is 12.5 Å². The van der Waals surface area contributed by atoms with Gasteiger partial charge < -0.3 is 11.1 Å². The molecule has 0 spiro atoms. The maximum atomic E-state index is 12.6. The zero-order chi connectivity index (χ0) is 13.1. The van der Waals surface area contributed by atoms with Crippen LogP contribution in [-0.4, -0.2) is 12.5 Å². The lowest BCUT2D eigenvalue weighted by atomic mass is 10.1. The number of anilines is 1. The molecule has 0 aromatic heterocycles. The van der Waals surface area contributed by atoms with E-state index in [1.165, 1.54) is 18.2 Å². The molecule has 17 heavy (non-hydrogen) atoms. The molecule has 1 aromatic carbocycles. The molecule has 0 saturated heterocycles. The molecule has 0 saturated carbocycles. The van der Waals surface area contributed by atoms with Gasteiger partial charge in [0.25, 0.3) is 0 Å². The summed E-state index contributed by atoms with van der Waals surface area (Å²) in [5.74, 6) is -1.06. The first-order valence-corrected chi connectivity index (χ1v) is 5.03. The Bertz CT molecular complexity index is 404. The van der Waals surface area contributed by atoms with E-state index in [0.717, 1.165) is 6.07 Å². The van der Waals surface area contributed by atoms with E-state index in [1.54, 1.807) is 6.92 Å². The van der Waals surface area contributed by atoms with Crippen LogP contribution in [0.3, 0.4) is 0 Å². The molecule has 1 aromatic rings. The molecule has 0 aliphatic heterocycles. The highest BCUT2D eigenvalue weighted by Crippen LogP contribution is 2.34. The van der Waals surface area contributed by atoms with Gasteiger partial charge in [-0.3, -0.25) is 4.79 Å². The van der Waals surface area contributed by atoms with Crippen LogP contribution in [0.4, 0.5) is 18.9 Å². The third-order valence-electron chi connectivity index (χ3n) is 2.29. The van der Waals surface area contributed by atoms with E-state index < -0.39 is 23.6 Å². The van der Waals surface area contributed by atoms with Crippen molar-refractivity contribution in [1.29, 1.82) is 0 Å². The molecule has 0 bridgehead atoms. The van der Waals surface area contributed by atoms with Crippen molar-refractivity contribution in [3.63, 3.8) is 0 Å². The van der Waals surface area contributed by atoms with E-state index in [4.69, 9.17) is 5.73 Å². The van der Waals surface area contributed by atoms with Crippen molar-refractivity contribution in [2.24, 2.45) is 11.7 Å². The second-order valence-corrected chi connectivity index (χ2v) is 3.67. The molecule has 3 N–H and O–H groups in total. The van der Waals surface area contributed by atoms with Crippen molar-refractivity contribution < 1.29 is 18.0 Å². The molecule has 0 radical (unpaired) electrons. The number of hydrogen-bond acceptors (Lipinski definition) is 2. The molecule has 0 aliphatic rings. The first kappa shape index (κ1) is 13.5. The zero-order valence-corrected chi connectivity index (χ0v) is 9.21. The van der Waals surface area contributed by atoms with Crippen LogP contribution >= 0.6 is 0 Å². The Kier molecular flexibility index (Phi) is 4.11. The normalized spacial score (nSPS) is 13.2. The summed E-state index contributed by atoms with van der Waals surface area (Å²) < 4.78 is 37.8. The minimum absolute atomic E-state index is 0.0834. The molecule has 0 fully saturated rings. The number of amides is 1. The predicted molar refractivity (Wildman–Crippen MR) is 58.3 cm³/mol. The van der Waals surface area contributed by atoms with Crippen LogP contribution in [0.25, 0.3) is 0 Å². The molecule has 1 amide bonds. The van der Waals surface area contributed by atoms with Crippen molar-refractivity contribution in [1.82, 2.24) is 0 Å². The van der Waals surface area contributed by atoms with Crippen molar-refractivity contribution in [3.05, 3.63) is 29.8 Å². The van der Waals surface area contributed by atoms with Crippen LogP contribution in [-0.2, 0) is 11.0 Å². The van der Waals surface area contributed by atoms with E-state index in [2.05, 4.69) is 5.32 Å². The topological polar surface area (TPSA) is 55.1 Å². The van der Waals surface area contributed by atoms with Gasteiger partial charge in [0.05, 0.1) is 11.3 Å². The van der Waals surface area contributed by atoms with E-state index in [9.17, 15) is 18.0 Å². The third-order valence-corrected chi connectivity index (χ3v) is 2.29. The Labute approximate surface area is 96.8 Å². The average molecular weight is 246 g/mol. The molecule has 0 aliphatic carbocycles. The van der Waals surface area contributed by atoms with Gasteiger partial charge in [-0.15, -0.1) is 0 Å². The second-order valence-electron chi connectivity index (χ2n) is 3.67. The number of alkyl halides is 3. The zero-order valence-electron chi connectivity index (χ0n) is 9.21. The highest BCUT2D eigenvalue weighted by Gasteiger charge is 2.33. The summed E-state index contributed by atoms with van der Waals surface area (Å²) in [4.78, 5) is 11.5. The van der Waals surface area contributed by atoms with Gasteiger partial charge in [-0.25, -0.2) is 0 Å². The Morgan fingerprint density at radius 2 is 2.00 bits per heavy atom. The largest absolute Gasteiger partial charge is 0.418 e. The maximum absolute atomic E-state index is 12.6. The number of halogens is 3. The van der Waals surface area contributed by atoms with Gasteiger partial charge in [0.1, 0.15) is 0 Å². The van der Waals surface area contributed by atoms with Crippen LogP contribution in [0.2, 0.25) is 0 Å². The number of para-hydroxylation sites is 1. The lowest BCUT2D eigenvalue weighted by Crippen LogP contribution is -2.27. The molecular weight excluding hydrogens is 233 g/mol. The minimum Gasteiger partial charge on any atom is -0.330 e. The van der Waals surface area contributed by atoms with Gasteiger partial charge in [0.15, 0.2) is 0 Å². The van der Waals surface area contributed by atoms with Crippen molar-refractivity contribution in [3.8, 4) is 0 Å². The quantitative estimate of drug-likeness (QED) is 0.859. The molecule has 6 heteroatoms. The number of carbonyl (C=O) groups excluding carboxylic acids is 1. The van der Waals surface area contributed by atoms with E-state index in [0.29, 0.717) is 0 Å². The number of nitrogens with two attached hydrogens (primary N) is 1. The third kappa shape index (κ3) is 3.45. The first-order chi connectivity index (χ1) is 7.86. The highest BCUT2D eigenvalue weighted by molar-refractivity contribution is 5.93. The summed E-state index contributed by atoms with van der Waals surface area (Å²) in [5.41, 5.74) is 4.16. The van der Waals surface area contributed by atoms with Crippen molar-refractivity contribution in [2.45, 2.75) is 13.1 Å². The Morgan fingerprint density at radius 3 is 2.53 bits per heavy atom. The molecule has 0 heterocycles. The van der Waals surface area contributed by atoms with Crippen LogP contribution in [0, 0.1) is 5.92 Å². The van der Waals surface area contributed by atoms with E-state index in [-0.39, 0.29) is 12.2 Å². The molecule has 1 unspecified atom stereocenters. The number of hydrogen-bond donors (Lipinski definition) is 2. The fourth-order valence-electron chi connectivity index (χ4n) is 1.20. The van der Waals surface area contributed by atoms with Crippen LogP contribution in [0.15, 0.2) is 24.3 Å². The first-order valence-electron chi connectivity index (χ1n) is 5.03. The summed E-state index contributed by atoms with van der Waals surface area (Å²) in [6.45, 7) is 1.63. The van der Waals surface area contributed by atoms with E-state index in [1.807, 2.05) is 0 Å². The van der Waals surface area contributed by atoms with Gasteiger partial charge >= 0.3 is 6.18 Å². The molecular formula is C11H13F3N2O. The maximum Gasteiger partial charge on any atom is 0.418 e. The van der Waals surface area contributed by atoms with Crippen molar-refractivity contribution in [2.75, 3.05) is 11.9 Å². The molecule has 1 rings (SSSR count). The fraction of sp³-hybridized carbons (Fsp3) is 0.364. The molecule has 3 nitrogen and oxygen atoms in total.